The Bertz CT molecular complexity index is 833. The zero-order valence-electron chi connectivity index (χ0n) is 16.4. The second-order valence-electron chi connectivity index (χ2n) is 8.03. The standard InChI is InChI=1S/C20H27N5O2/c1-13-7-5-6-8-16(13)19-17-11-24(20-21-14(2)27-22-20)9-15(17)10-25(19)18(26)12-23(3)4/h5-8,15,17,19H,9-12H2,1-4H3/t15-,17-,19+/m1/s1. The van der Waals surface area contributed by atoms with Crippen LogP contribution in [0.3, 0.4) is 0 Å². The Morgan fingerprint density at radius 1 is 1.22 bits per heavy atom. The third kappa shape index (κ3) is 3.32. The predicted octanol–water partition coefficient (Wildman–Crippen LogP) is 1.88. The largest absolute Gasteiger partial charge is 0.338 e. The lowest BCUT2D eigenvalue weighted by molar-refractivity contribution is -0.133. The second-order valence-corrected chi connectivity index (χ2v) is 8.03. The summed E-state index contributed by atoms with van der Waals surface area (Å²) in [5.41, 5.74) is 2.49. The molecule has 1 aromatic carbocycles. The minimum Gasteiger partial charge on any atom is -0.338 e. The number of aryl methyl sites for hydroxylation is 2. The number of nitrogens with zero attached hydrogens (tertiary/aromatic N) is 5. The van der Waals surface area contributed by atoms with Crippen LogP contribution in [0.25, 0.3) is 0 Å². The third-order valence-corrected chi connectivity index (χ3v) is 5.74. The van der Waals surface area contributed by atoms with E-state index in [0.29, 0.717) is 30.2 Å². The van der Waals surface area contributed by atoms with Crippen LogP contribution in [0, 0.1) is 25.7 Å². The van der Waals surface area contributed by atoms with Gasteiger partial charge < -0.3 is 19.2 Å². The number of hydrogen-bond donors (Lipinski definition) is 0. The Morgan fingerprint density at radius 3 is 2.67 bits per heavy atom. The van der Waals surface area contributed by atoms with Gasteiger partial charge in [0.2, 0.25) is 11.8 Å². The number of likely N-dealkylation sites (tertiary alicyclic amines) is 1. The molecule has 0 saturated carbocycles. The fraction of sp³-hybridized carbons (Fsp3) is 0.550. The van der Waals surface area contributed by atoms with Gasteiger partial charge in [0, 0.05) is 38.4 Å². The molecule has 0 unspecified atom stereocenters. The molecule has 0 aliphatic carbocycles. The molecule has 1 aromatic heterocycles. The summed E-state index contributed by atoms with van der Waals surface area (Å²) < 4.78 is 5.16. The molecule has 3 heterocycles. The Hall–Kier alpha value is -2.41. The molecule has 4 rings (SSSR count). The molecule has 2 aliphatic heterocycles. The average Bonchev–Trinajstić information content (AvgIpc) is 3.28. The monoisotopic (exact) mass is 369 g/mol. The number of carbonyl (C=O) groups excluding carboxylic acids is 1. The van der Waals surface area contributed by atoms with Crippen LogP contribution in [0.2, 0.25) is 0 Å². The van der Waals surface area contributed by atoms with E-state index in [9.17, 15) is 4.79 Å². The van der Waals surface area contributed by atoms with Gasteiger partial charge in [0.05, 0.1) is 12.6 Å². The van der Waals surface area contributed by atoms with Crippen LogP contribution in [0.15, 0.2) is 28.8 Å². The molecule has 2 aromatic rings. The van der Waals surface area contributed by atoms with E-state index >= 15 is 0 Å². The zero-order valence-corrected chi connectivity index (χ0v) is 16.4. The molecule has 7 heteroatoms. The first kappa shape index (κ1) is 18.0. The Balaban J connectivity index is 1.64. The van der Waals surface area contributed by atoms with Crippen molar-refractivity contribution in [3.63, 3.8) is 0 Å². The lowest BCUT2D eigenvalue weighted by Gasteiger charge is -2.31. The van der Waals surface area contributed by atoms with Gasteiger partial charge in [-0.05, 0) is 37.3 Å². The summed E-state index contributed by atoms with van der Waals surface area (Å²) in [6, 6.07) is 8.52. The Morgan fingerprint density at radius 2 is 2.00 bits per heavy atom. The van der Waals surface area contributed by atoms with E-state index in [-0.39, 0.29) is 11.9 Å². The van der Waals surface area contributed by atoms with Crippen LogP contribution in [0.1, 0.15) is 23.1 Å². The quantitative estimate of drug-likeness (QED) is 0.820. The molecule has 0 radical (unpaired) electrons. The van der Waals surface area contributed by atoms with Crippen LogP contribution >= 0.6 is 0 Å². The maximum Gasteiger partial charge on any atom is 0.266 e. The van der Waals surface area contributed by atoms with Crippen molar-refractivity contribution in [1.29, 1.82) is 0 Å². The minimum atomic E-state index is 0.0987. The minimum absolute atomic E-state index is 0.0987. The van der Waals surface area contributed by atoms with Crippen molar-refractivity contribution >= 4 is 11.9 Å². The van der Waals surface area contributed by atoms with Crippen molar-refractivity contribution in [3.8, 4) is 0 Å². The van der Waals surface area contributed by atoms with Crippen molar-refractivity contribution in [2.24, 2.45) is 11.8 Å². The highest BCUT2D eigenvalue weighted by Crippen LogP contribution is 2.46. The molecular formula is C20H27N5O2. The van der Waals surface area contributed by atoms with E-state index in [1.54, 1.807) is 0 Å². The maximum absolute atomic E-state index is 13.0. The van der Waals surface area contributed by atoms with E-state index in [4.69, 9.17) is 4.52 Å². The number of hydrogen-bond acceptors (Lipinski definition) is 6. The summed E-state index contributed by atoms with van der Waals surface area (Å²) in [6.07, 6.45) is 0. The molecule has 2 saturated heterocycles. The number of amides is 1. The van der Waals surface area contributed by atoms with Crippen LogP contribution < -0.4 is 4.90 Å². The zero-order chi connectivity index (χ0) is 19.1. The summed E-state index contributed by atoms with van der Waals surface area (Å²) in [6.45, 7) is 6.86. The first-order valence-corrected chi connectivity index (χ1v) is 9.49. The van der Waals surface area contributed by atoms with Crippen molar-refractivity contribution in [3.05, 3.63) is 41.3 Å². The van der Waals surface area contributed by atoms with Crippen molar-refractivity contribution in [1.82, 2.24) is 19.9 Å². The fourth-order valence-corrected chi connectivity index (χ4v) is 4.56. The number of likely N-dealkylation sites (N-methyl/N-ethyl adjacent to an activating group) is 1. The van der Waals surface area contributed by atoms with E-state index in [2.05, 4.69) is 51.1 Å². The molecule has 0 spiro atoms. The van der Waals surface area contributed by atoms with Crippen LogP contribution in [-0.4, -0.2) is 66.1 Å². The number of rotatable bonds is 4. The van der Waals surface area contributed by atoms with E-state index in [1.165, 1.54) is 11.1 Å². The highest BCUT2D eigenvalue weighted by molar-refractivity contribution is 5.79. The molecular weight excluding hydrogens is 342 g/mol. The van der Waals surface area contributed by atoms with E-state index in [1.807, 2.05) is 25.9 Å². The van der Waals surface area contributed by atoms with E-state index < -0.39 is 0 Å². The summed E-state index contributed by atoms with van der Waals surface area (Å²) in [4.78, 5) is 23.6. The predicted molar refractivity (Wildman–Crippen MR) is 102 cm³/mol. The highest BCUT2D eigenvalue weighted by Gasteiger charge is 2.50. The van der Waals surface area contributed by atoms with Crippen molar-refractivity contribution in [2.45, 2.75) is 19.9 Å². The molecule has 1 amide bonds. The Kier molecular flexibility index (Phi) is 4.63. The first-order chi connectivity index (χ1) is 12.9. The molecule has 144 valence electrons. The molecule has 7 nitrogen and oxygen atoms in total. The van der Waals surface area contributed by atoms with Crippen molar-refractivity contribution < 1.29 is 9.32 Å². The lowest BCUT2D eigenvalue weighted by atomic mass is 9.87. The number of fused-ring (bicyclic) bond motifs is 1. The fourth-order valence-electron chi connectivity index (χ4n) is 4.56. The van der Waals surface area contributed by atoms with E-state index in [0.717, 1.165) is 19.6 Å². The second kappa shape index (κ2) is 6.96. The SMILES string of the molecule is Cc1nc(N2C[C@@H]3CN(C(=O)CN(C)C)[C@@H](c4ccccc4C)[C@@H]3C2)no1. The van der Waals surface area contributed by atoms with Gasteiger partial charge >= 0.3 is 0 Å². The molecule has 0 bridgehead atoms. The van der Waals surface area contributed by atoms with Gasteiger partial charge in [-0.2, -0.15) is 4.98 Å². The first-order valence-electron chi connectivity index (χ1n) is 9.49. The van der Waals surface area contributed by atoms with Gasteiger partial charge in [-0.15, -0.1) is 0 Å². The number of benzene rings is 1. The topological polar surface area (TPSA) is 65.7 Å². The molecule has 2 aliphatic rings. The number of aromatic nitrogens is 2. The van der Waals surface area contributed by atoms with Gasteiger partial charge in [-0.1, -0.05) is 24.3 Å². The summed E-state index contributed by atoms with van der Waals surface area (Å²) in [5, 5.41) is 4.09. The Labute approximate surface area is 159 Å². The maximum atomic E-state index is 13.0. The highest BCUT2D eigenvalue weighted by atomic mass is 16.5. The van der Waals surface area contributed by atoms with Gasteiger partial charge in [-0.25, -0.2) is 0 Å². The summed E-state index contributed by atoms with van der Waals surface area (Å²) in [5.74, 6) is 2.23. The van der Waals surface area contributed by atoms with Gasteiger partial charge in [0.25, 0.3) is 5.95 Å². The molecule has 0 N–H and O–H groups in total. The number of anilines is 1. The van der Waals surface area contributed by atoms with Gasteiger partial charge in [-0.3, -0.25) is 4.79 Å². The van der Waals surface area contributed by atoms with Crippen LogP contribution in [-0.2, 0) is 4.79 Å². The van der Waals surface area contributed by atoms with Gasteiger partial charge in [0.15, 0.2) is 0 Å². The smallest absolute Gasteiger partial charge is 0.266 e. The average molecular weight is 369 g/mol. The van der Waals surface area contributed by atoms with Crippen molar-refractivity contribution in [2.75, 3.05) is 45.2 Å². The lowest BCUT2D eigenvalue weighted by Crippen LogP contribution is -2.40. The normalized spacial score (nSPS) is 24.7. The summed E-state index contributed by atoms with van der Waals surface area (Å²) >= 11 is 0. The molecule has 27 heavy (non-hydrogen) atoms. The van der Waals surface area contributed by atoms with Crippen LogP contribution in [0.4, 0.5) is 5.95 Å². The molecule has 2 fully saturated rings. The van der Waals surface area contributed by atoms with Crippen LogP contribution in [0.5, 0.6) is 0 Å². The molecule has 3 atom stereocenters. The third-order valence-electron chi connectivity index (χ3n) is 5.74. The summed E-state index contributed by atoms with van der Waals surface area (Å²) in [7, 11) is 3.88. The number of carbonyl (C=O) groups is 1. The van der Waals surface area contributed by atoms with Gasteiger partial charge in [0.1, 0.15) is 0 Å².